The van der Waals surface area contributed by atoms with Crippen LogP contribution in [0.25, 0.3) is 6.08 Å². The number of nitrogens with zero attached hydrogens (tertiary/aromatic N) is 1. The van der Waals surface area contributed by atoms with Gasteiger partial charge < -0.3 is 9.84 Å². The summed E-state index contributed by atoms with van der Waals surface area (Å²) in [5, 5.41) is 21.1. The molecule has 0 bridgehead atoms. The van der Waals surface area contributed by atoms with Gasteiger partial charge in [-0.1, -0.05) is 24.3 Å². The van der Waals surface area contributed by atoms with Crippen molar-refractivity contribution in [3.05, 3.63) is 68.8 Å². The summed E-state index contributed by atoms with van der Waals surface area (Å²) in [4.78, 5) is 22.7. The minimum absolute atomic E-state index is 0.134. The summed E-state index contributed by atoms with van der Waals surface area (Å²) in [5.41, 5.74) is 1.73. The third-order valence-electron chi connectivity index (χ3n) is 3.79. The van der Waals surface area contributed by atoms with Crippen LogP contribution < -0.4 is 4.74 Å². The van der Waals surface area contributed by atoms with Gasteiger partial charge in [0.2, 0.25) is 5.75 Å². The number of aromatic hydroxyl groups is 1. The van der Waals surface area contributed by atoms with E-state index < -0.39 is 16.4 Å². The SMILES string of the molecule is COc1cc(/C=C2\Cc3ccccc3C2=O)c(O)c([N+](=O)[O-])c1. The Balaban J connectivity index is 2.09. The maximum atomic E-state index is 12.4. The summed E-state index contributed by atoms with van der Waals surface area (Å²) in [6, 6.07) is 9.85. The van der Waals surface area contributed by atoms with Crippen LogP contribution >= 0.6 is 0 Å². The van der Waals surface area contributed by atoms with Crippen LogP contribution in [-0.2, 0) is 6.42 Å². The fraction of sp³-hybridized carbons (Fsp3) is 0.118. The van der Waals surface area contributed by atoms with E-state index in [0.717, 1.165) is 11.6 Å². The second kappa shape index (κ2) is 5.57. The molecule has 0 fully saturated rings. The molecule has 0 aromatic heterocycles. The zero-order chi connectivity index (χ0) is 16.6. The molecule has 0 amide bonds. The third kappa shape index (κ3) is 2.55. The van der Waals surface area contributed by atoms with Gasteiger partial charge in [0.15, 0.2) is 5.78 Å². The quantitative estimate of drug-likeness (QED) is 0.534. The molecule has 3 rings (SSSR count). The fourth-order valence-corrected chi connectivity index (χ4v) is 2.64. The van der Waals surface area contributed by atoms with Crippen LogP contribution in [0.15, 0.2) is 42.0 Å². The maximum absolute atomic E-state index is 12.4. The molecule has 1 aliphatic carbocycles. The topological polar surface area (TPSA) is 89.7 Å². The zero-order valence-electron chi connectivity index (χ0n) is 12.3. The van der Waals surface area contributed by atoms with Crippen molar-refractivity contribution in [3.63, 3.8) is 0 Å². The van der Waals surface area contributed by atoms with E-state index in [0.29, 0.717) is 17.6 Å². The van der Waals surface area contributed by atoms with Crippen molar-refractivity contribution in [1.82, 2.24) is 0 Å². The van der Waals surface area contributed by atoms with Gasteiger partial charge in [0.25, 0.3) is 0 Å². The molecule has 6 nitrogen and oxygen atoms in total. The number of benzene rings is 2. The average Bonchev–Trinajstić information content (AvgIpc) is 2.85. The van der Waals surface area contributed by atoms with Crippen molar-refractivity contribution in [1.29, 1.82) is 0 Å². The van der Waals surface area contributed by atoms with E-state index in [4.69, 9.17) is 4.74 Å². The molecule has 116 valence electrons. The van der Waals surface area contributed by atoms with E-state index >= 15 is 0 Å². The number of nitro groups is 1. The number of hydrogen-bond donors (Lipinski definition) is 1. The Morgan fingerprint density at radius 2 is 2.04 bits per heavy atom. The molecule has 1 N–H and O–H groups in total. The average molecular weight is 311 g/mol. The van der Waals surface area contributed by atoms with E-state index in [1.807, 2.05) is 12.1 Å². The highest BCUT2D eigenvalue weighted by molar-refractivity contribution is 6.15. The van der Waals surface area contributed by atoms with Crippen LogP contribution in [0.4, 0.5) is 5.69 Å². The number of ether oxygens (including phenoxy) is 1. The molecule has 1 aliphatic rings. The van der Waals surface area contributed by atoms with E-state index in [1.165, 1.54) is 19.3 Å². The Bertz CT molecular complexity index is 854. The lowest BCUT2D eigenvalue weighted by Crippen LogP contribution is -1.97. The number of hydrogen-bond acceptors (Lipinski definition) is 5. The van der Waals surface area contributed by atoms with E-state index in [2.05, 4.69) is 0 Å². The molecule has 0 aliphatic heterocycles. The second-order valence-electron chi connectivity index (χ2n) is 5.17. The van der Waals surface area contributed by atoms with Crippen molar-refractivity contribution in [2.24, 2.45) is 0 Å². The van der Waals surface area contributed by atoms with Gasteiger partial charge in [0.05, 0.1) is 18.1 Å². The smallest absolute Gasteiger partial charge is 0.315 e. The Morgan fingerprint density at radius 3 is 2.70 bits per heavy atom. The van der Waals surface area contributed by atoms with Gasteiger partial charge >= 0.3 is 5.69 Å². The Kier molecular flexibility index (Phi) is 3.57. The number of Topliss-reactive ketones (excluding diaryl/α,β-unsaturated/α-hetero) is 1. The number of fused-ring (bicyclic) bond motifs is 1. The van der Waals surface area contributed by atoms with E-state index in [1.54, 1.807) is 12.1 Å². The molecular weight excluding hydrogens is 298 g/mol. The Morgan fingerprint density at radius 1 is 1.30 bits per heavy atom. The van der Waals surface area contributed by atoms with Crippen molar-refractivity contribution in [2.45, 2.75) is 6.42 Å². The van der Waals surface area contributed by atoms with Gasteiger partial charge in [-0.2, -0.15) is 0 Å². The summed E-state index contributed by atoms with van der Waals surface area (Å²) in [6.45, 7) is 0. The number of phenols is 1. The summed E-state index contributed by atoms with van der Waals surface area (Å²) in [7, 11) is 1.38. The minimum Gasteiger partial charge on any atom is -0.502 e. The molecule has 23 heavy (non-hydrogen) atoms. The molecule has 0 unspecified atom stereocenters. The molecule has 0 atom stereocenters. The number of carbonyl (C=O) groups is 1. The molecule has 6 heteroatoms. The predicted molar refractivity (Wildman–Crippen MR) is 83.8 cm³/mol. The predicted octanol–water partition coefficient (Wildman–Crippen LogP) is 3.13. The van der Waals surface area contributed by atoms with Gasteiger partial charge in [-0.3, -0.25) is 14.9 Å². The first-order valence-corrected chi connectivity index (χ1v) is 6.90. The summed E-state index contributed by atoms with van der Waals surface area (Å²) < 4.78 is 5.02. The first-order chi connectivity index (χ1) is 11.0. The van der Waals surface area contributed by atoms with Crippen LogP contribution in [0.5, 0.6) is 11.5 Å². The molecule has 0 radical (unpaired) electrons. The van der Waals surface area contributed by atoms with Crippen molar-refractivity contribution < 1.29 is 19.6 Å². The zero-order valence-corrected chi connectivity index (χ0v) is 12.3. The third-order valence-corrected chi connectivity index (χ3v) is 3.79. The summed E-state index contributed by atoms with van der Waals surface area (Å²) >= 11 is 0. The van der Waals surface area contributed by atoms with Crippen molar-refractivity contribution in [2.75, 3.05) is 7.11 Å². The number of ketones is 1. The van der Waals surface area contributed by atoms with Crippen molar-refractivity contribution >= 4 is 17.5 Å². The highest BCUT2D eigenvalue weighted by Gasteiger charge is 2.26. The molecule has 2 aromatic carbocycles. The summed E-state index contributed by atoms with van der Waals surface area (Å²) in [5.74, 6) is -0.373. The van der Waals surface area contributed by atoms with Gasteiger partial charge in [-0.25, -0.2) is 0 Å². The highest BCUT2D eigenvalue weighted by Crippen LogP contribution is 2.37. The largest absolute Gasteiger partial charge is 0.502 e. The van der Waals surface area contributed by atoms with E-state index in [-0.39, 0.29) is 17.1 Å². The van der Waals surface area contributed by atoms with Gasteiger partial charge in [-0.15, -0.1) is 0 Å². The Hall–Kier alpha value is -3.15. The normalized spacial score (nSPS) is 14.8. The standard InChI is InChI=1S/C17H13NO5/c1-23-13-8-12(17(20)15(9-13)18(21)22)7-11-6-10-4-2-3-5-14(10)16(11)19/h2-5,7-9,20H,6H2,1H3/b11-7+. The number of nitro benzene ring substituents is 1. The lowest BCUT2D eigenvalue weighted by Gasteiger charge is -2.06. The van der Waals surface area contributed by atoms with E-state index in [9.17, 15) is 20.0 Å². The number of phenolic OH excluding ortho intramolecular Hbond substituents is 1. The molecule has 0 saturated heterocycles. The van der Waals surface area contributed by atoms with Gasteiger partial charge in [-0.05, 0) is 17.7 Å². The van der Waals surface area contributed by atoms with Crippen LogP contribution in [0.2, 0.25) is 0 Å². The van der Waals surface area contributed by atoms with Crippen LogP contribution in [-0.4, -0.2) is 22.9 Å². The number of allylic oxidation sites excluding steroid dienone is 1. The van der Waals surface area contributed by atoms with Crippen LogP contribution in [0.3, 0.4) is 0 Å². The van der Waals surface area contributed by atoms with Crippen LogP contribution in [0.1, 0.15) is 21.5 Å². The first-order valence-electron chi connectivity index (χ1n) is 6.90. The molecule has 0 heterocycles. The lowest BCUT2D eigenvalue weighted by atomic mass is 10.1. The lowest BCUT2D eigenvalue weighted by molar-refractivity contribution is -0.385. The molecular formula is C17H13NO5. The minimum atomic E-state index is -0.689. The first kappa shape index (κ1) is 14.8. The van der Waals surface area contributed by atoms with Crippen molar-refractivity contribution in [3.8, 4) is 11.5 Å². The van der Waals surface area contributed by atoms with Gasteiger partial charge in [0, 0.05) is 23.1 Å². The monoisotopic (exact) mass is 311 g/mol. The number of carbonyl (C=O) groups excluding carboxylic acids is 1. The van der Waals surface area contributed by atoms with Gasteiger partial charge in [0.1, 0.15) is 5.75 Å². The molecule has 2 aromatic rings. The number of methoxy groups -OCH3 is 1. The highest BCUT2D eigenvalue weighted by atomic mass is 16.6. The second-order valence-corrected chi connectivity index (χ2v) is 5.17. The fourth-order valence-electron chi connectivity index (χ4n) is 2.64. The molecule has 0 saturated carbocycles. The Labute approximate surface area is 131 Å². The number of rotatable bonds is 3. The summed E-state index contributed by atoms with van der Waals surface area (Å²) in [6.07, 6.45) is 1.91. The maximum Gasteiger partial charge on any atom is 0.315 e. The van der Waals surface area contributed by atoms with Crippen LogP contribution in [0, 0.1) is 10.1 Å². The molecule has 0 spiro atoms.